The molecule has 1 fully saturated rings. The lowest BCUT2D eigenvalue weighted by molar-refractivity contribution is -0.132. The average Bonchev–Trinajstić information content (AvgIpc) is 2.76. The van der Waals surface area contributed by atoms with E-state index in [1.54, 1.807) is 18.5 Å². The SMILES string of the molecule is O=C(Cn1ncc2cccn2c1=O)N1CCCCCC1. The van der Waals surface area contributed by atoms with Crippen LogP contribution in [0.5, 0.6) is 0 Å². The highest BCUT2D eigenvalue weighted by Crippen LogP contribution is 2.10. The van der Waals surface area contributed by atoms with Gasteiger partial charge in [-0.05, 0) is 25.0 Å². The second-order valence-electron chi connectivity index (χ2n) is 5.18. The van der Waals surface area contributed by atoms with Gasteiger partial charge in [0.15, 0.2) is 0 Å². The van der Waals surface area contributed by atoms with E-state index in [2.05, 4.69) is 5.10 Å². The van der Waals surface area contributed by atoms with Gasteiger partial charge in [-0.2, -0.15) is 5.10 Å². The molecule has 0 radical (unpaired) electrons. The Bertz CT molecular complexity index is 665. The molecule has 1 aliphatic rings. The van der Waals surface area contributed by atoms with Crippen LogP contribution in [0.3, 0.4) is 0 Å². The first kappa shape index (κ1) is 12.9. The molecule has 0 atom stereocenters. The van der Waals surface area contributed by atoms with Crippen molar-refractivity contribution in [3.05, 3.63) is 35.0 Å². The summed E-state index contributed by atoms with van der Waals surface area (Å²) in [6.45, 7) is 1.60. The normalized spacial score (nSPS) is 16.3. The molecule has 1 saturated heterocycles. The molecule has 3 heterocycles. The molecule has 0 spiro atoms. The van der Waals surface area contributed by atoms with Gasteiger partial charge < -0.3 is 4.90 Å². The largest absolute Gasteiger partial charge is 0.349 e. The van der Waals surface area contributed by atoms with Gasteiger partial charge in [0.1, 0.15) is 6.54 Å². The Hall–Kier alpha value is -2.11. The molecule has 0 bridgehead atoms. The van der Waals surface area contributed by atoms with E-state index in [0.29, 0.717) is 0 Å². The quantitative estimate of drug-likeness (QED) is 0.817. The van der Waals surface area contributed by atoms with E-state index in [1.165, 1.54) is 21.9 Å². The molecule has 1 aliphatic heterocycles. The molecule has 0 N–H and O–H groups in total. The van der Waals surface area contributed by atoms with Crippen LogP contribution in [0.2, 0.25) is 0 Å². The molecule has 3 rings (SSSR count). The van der Waals surface area contributed by atoms with Crippen LogP contribution in [0.4, 0.5) is 0 Å². The Morgan fingerprint density at radius 1 is 1.20 bits per heavy atom. The monoisotopic (exact) mass is 274 g/mol. The number of rotatable bonds is 2. The predicted octanol–water partition coefficient (Wildman–Crippen LogP) is 0.899. The van der Waals surface area contributed by atoms with Crippen molar-refractivity contribution >= 4 is 11.4 Å². The van der Waals surface area contributed by atoms with Gasteiger partial charge in [-0.15, -0.1) is 0 Å². The number of nitrogens with zero attached hydrogens (tertiary/aromatic N) is 4. The van der Waals surface area contributed by atoms with Crippen molar-refractivity contribution < 1.29 is 4.79 Å². The molecule has 6 heteroatoms. The predicted molar refractivity (Wildman–Crippen MR) is 74.5 cm³/mol. The molecule has 0 saturated carbocycles. The van der Waals surface area contributed by atoms with Crippen molar-refractivity contribution in [2.45, 2.75) is 32.2 Å². The number of hydrogen-bond acceptors (Lipinski definition) is 3. The van der Waals surface area contributed by atoms with Crippen molar-refractivity contribution in [2.75, 3.05) is 13.1 Å². The Labute approximate surface area is 116 Å². The van der Waals surface area contributed by atoms with Gasteiger partial charge in [0, 0.05) is 19.3 Å². The third-order valence-corrected chi connectivity index (χ3v) is 3.78. The minimum Gasteiger partial charge on any atom is -0.341 e. The second kappa shape index (κ2) is 5.48. The molecule has 2 aromatic rings. The van der Waals surface area contributed by atoms with Crippen molar-refractivity contribution in [1.29, 1.82) is 0 Å². The maximum atomic E-state index is 12.3. The molecule has 0 unspecified atom stereocenters. The summed E-state index contributed by atoms with van der Waals surface area (Å²) in [7, 11) is 0. The zero-order chi connectivity index (χ0) is 13.9. The fourth-order valence-corrected chi connectivity index (χ4v) is 2.63. The van der Waals surface area contributed by atoms with E-state index in [1.807, 2.05) is 11.0 Å². The maximum absolute atomic E-state index is 12.3. The summed E-state index contributed by atoms with van der Waals surface area (Å²) in [4.78, 5) is 26.3. The average molecular weight is 274 g/mol. The Balaban J connectivity index is 1.79. The van der Waals surface area contributed by atoms with Gasteiger partial charge in [0.2, 0.25) is 5.91 Å². The first-order chi connectivity index (χ1) is 9.75. The standard InChI is InChI=1S/C14H18N4O2/c19-13(16-7-3-1-2-4-8-16)11-18-14(20)17-9-5-6-12(17)10-15-18/h5-6,9-10H,1-4,7-8,11H2. The minimum atomic E-state index is -0.268. The fraction of sp³-hybridized carbons (Fsp3) is 0.500. The van der Waals surface area contributed by atoms with Gasteiger partial charge in [0.25, 0.3) is 0 Å². The highest BCUT2D eigenvalue weighted by Gasteiger charge is 2.17. The Morgan fingerprint density at radius 2 is 1.95 bits per heavy atom. The smallest absolute Gasteiger partial charge is 0.341 e. The third kappa shape index (κ3) is 2.45. The third-order valence-electron chi connectivity index (χ3n) is 3.78. The molecule has 2 aromatic heterocycles. The van der Waals surface area contributed by atoms with Crippen LogP contribution in [0, 0.1) is 0 Å². The second-order valence-corrected chi connectivity index (χ2v) is 5.18. The van der Waals surface area contributed by atoms with Crippen molar-refractivity contribution in [1.82, 2.24) is 19.1 Å². The molecular weight excluding hydrogens is 256 g/mol. The first-order valence-electron chi connectivity index (χ1n) is 7.07. The molecule has 106 valence electrons. The van der Waals surface area contributed by atoms with Gasteiger partial charge in [-0.1, -0.05) is 12.8 Å². The summed E-state index contributed by atoms with van der Waals surface area (Å²) in [6, 6.07) is 3.61. The van der Waals surface area contributed by atoms with Crippen molar-refractivity contribution in [2.24, 2.45) is 0 Å². The summed E-state index contributed by atoms with van der Waals surface area (Å²) in [5, 5.41) is 4.07. The number of aromatic nitrogens is 3. The van der Waals surface area contributed by atoms with E-state index < -0.39 is 0 Å². The van der Waals surface area contributed by atoms with Crippen LogP contribution in [0.25, 0.3) is 5.52 Å². The van der Waals surface area contributed by atoms with E-state index in [9.17, 15) is 9.59 Å². The molecule has 0 aliphatic carbocycles. The molecule has 0 aromatic carbocycles. The summed E-state index contributed by atoms with van der Waals surface area (Å²) in [5.74, 6) is -0.0204. The lowest BCUT2D eigenvalue weighted by atomic mass is 10.2. The number of carbonyl (C=O) groups is 1. The van der Waals surface area contributed by atoms with Gasteiger partial charge >= 0.3 is 5.69 Å². The topological polar surface area (TPSA) is 59.6 Å². The number of likely N-dealkylation sites (tertiary alicyclic amines) is 1. The van der Waals surface area contributed by atoms with Crippen LogP contribution in [-0.4, -0.2) is 38.1 Å². The lowest BCUT2D eigenvalue weighted by Gasteiger charge is -2.20. The fourth-order valence-electron chi connectivity index (χ4n) is 2.63. The number of amides is 1. The summed E-state index contributed by atoms with van der Waals surface area (Å²) >= 11 is 0. The summed E-state index contributed by atoms with van der Waals surface area (Å²) in [5.41, 5.74) is 0.476. The Morgan fingerprint density at radius 3 is 2.70 bits per heavy atom. The number of fused-ring (bicyclic) bond motifs is 1. The lowest BCUT2D eigenvalue weighted by Crippen LogP contribution is -2.39. The van der Waals surface area contributed by atoms with E-state index >= 15 is 0 Å². The highest BCUT2D eigenvalue weighted by atomic mass is 16.2. The van der Waals surface area contributed by atoms with Crippen LogP contribution in [-0.2, 0) is 11.3 Å². The summed E-state index contributed by atoms with van der Waals surface area (Å²) < 4.78 is 2.74. The Kier molecular flexibility index (Phi) is 3.54. The number of carbonyl (C=O) groups excluding carboxylic acids is 1. The van der Waals surface area contributed by atoms with E-state index in [4.69, 9.17) is 0 Å². The zero-order valence-electron chi connectivity index (χ0n) is 11.4. The van der Waals surface area contributed by atoms with Crippen LogP contribution in [0.15, 0.2) is 29.3 Å². The van der Waals surface area contributed by atoms with Gasteiger partial charge in [-0.3, -0.25) is 9.20 Å². The van der Waals surface area contributed by atoms with Crippen LogP contribution in [0.1, 0.15) is 25.7 Å². The molecule has 6 nitrogen and oxygen atoms in total. The van der Waals surface area contributed by atoms with Crippen LogP contribution < -0.4 is 5.69 Å². The first-order valence-corrected chi connectivity index (χ1v) is 7.07. The van der Waals surface area contributed by atoms with Crippen molar-refractivity contribution in [3.63, 3.8) is 0 Å². The van der Waals surface area contributed by atoms with E-state index in [0.717, 1.165) is 31.4 Å². The van der Waals surface area contributed by atoms with E-state index in [-0.39, 0.29) is 18.1 Å². The molecule has 1 amide bonds. The highest BCUT2D eigenvalue weighted by molar-refractivity contribution is 5.75. The molecule has 20 heavy (non-hydrogen) atoms. The minimum absolute atomic E-state index is 0.0204. The number of hydrogen-bond donors (Lipinski definition) is 0. The van der Waals surface area contributed by atoms with Gasteiger partial charge in [-0.25, -0.2) is 9.48 Å². The van der Waals surface area contributed by atoms with Crippen LogP contribution >= 0.6 is 0 Å². The zero-order valence-corrected chi connectivity index (χ0v) is 11.4. The summed E-state index contributed by atoms with van der Waals surface area (Å²) in [6.07, 6.45) is 7.74. The maximum Gasteiger partial charge on any atom is 0.349 e. The van der Waals surface area contributed by atoms with Crippen molar-refractivity contribution in [3.8, 4) is 0 Å². The van der Waals surface area contributed by atoms with Gasteiger partial charge in [0.05, 0.1) is 11.7 Å². The molecular formula is C14H18N4O2.